The third-order valence-electron chi connectivity index (χ3n) is 3.28. The van der Waals surface area contributed by atoms with Crippen LogP contribution in [-0.4, -0.2) is 20.9 Å². The molecule has 0 saturated heterocycles. The van der Waals surface area contributed by atoms with Crippen molar-refractivity contribution in [3.63, 3.8) is 0 Å². The molecule has 0 atom stereocenters. The summed E-state index contributed by atoms with van der Waals surface area (Å²) in [6.07, 6.45) is 6.42. The molecule has 0 bridgehead atoms. The predicted molar refractivity (Wildman–Crippen MR) is 94.4 cm³/mol. The van der Waals surface area contributed by atoms with Crippen LogP contribution in [-0.2, 0) is 0 Å². The molecule has 0 aromatic carbocycles. The number of thiophene rings is 2. The highest BCUT2D eigenvalue weighted by Gasteiger charge is 2.13. The number of hydrogen-bond acceptors (Lipinski definition) is 6. The van der Waals surface area contributed by atoms with Crippen LogP contribution in [0.5, 0.6) is 0 Å². The summed E-state index contributed by atoms with van der Waals surface area (Å²) in [4.78, 5) is 22.9. The van der Waals surface area contributed by atoms with Crippen molar-refractivity contribution in [1.82, 2.24) is 14.6 Å². The van der Waals surface area contributed by atoms with E-state index in [2.05, 4.69) is 15.1 Å². The van der Waals surface area contributed by atoms with Crippen LogP contribution in [0, 0.1) is 0 Å². The van der Waals surface area contributed by atoms with E-state index in [1.165, 1.54) is 22.3 Å². The smallest absolute Gasteiger partial charge is 0.267 e. The Labute approximate surface area is 139 Å². The van der Waals surface area contributed by atoms with Crippen LogP contribution in [0.3, 0.4) is 0 Å². The lowest BCUT2D eigenvalue weighted by atomic mass is 10.2. The summed E-state index contributed by atoms with van der Waals surface area (Å²) in [5.74, 6) is 0. The Balaban J connectivity index is 1.83. The van der Waals surface area contributed by atoms with Gasteiger partial charge in [-0.2, -0.15) is 9.78 Å². The fourth-order valence-corrected chi connectivity index (χ4v) is 3.92. The maximum Gasteiger partial charge on any atom is 0.283 e. The lowest BCUT2D eigenvalue weighted by Gasteiger charge is -1.99. The van der Waals surface area contributed by atoms with Crippen molar-refractivity contribution in [2.75, 3.05) is 0 Å². The lowest BCUT2D eigenvalue weighted by Crippen LogP contribution is -2.16. The SMILES string of the molecule is O=c1c2c(-c3cccs3)csc2ncn1N=Cc1cccnc1. The van der Waals surface area contributed by atoms with Crippen LogP contribution in [0.25, 0.3) is 20.7 Å². The van der Waals surface area contributed by atoms with Crippen molar-refractivity contribution < 1.29 is 0 Å². The number of hydrogen-bond donors (Lipinski definition) is 0. The minimum absolute atomic E-state index is 0.167. The Bertz CT molecular complexity index is 1030. The van der Waals surface area contributed by atoms with Gasteiger partial charge in [-0.3, -0.25) is 9.78 Å². The van der Waals surface area contributed by atoms with Crippen LogP contribution in [0.4, 0.5) is 0 Å². The molecule has 112 valence electrons. The average Bonchev–Trinajstić information content (AvgIpc) is 3.24. The summed E-state index contributed by atoms with van der Waals surface area (Å²) in [6, 6.07) is 7.66. The Kier molecular flexibility index (Phi) is 3.57. The molecular weight excluding hydrogens is 328 g/mol. The van der Waals surface area contributed by atoms with Crippen molar-refractivity contribution in [1.29, 1.82) is 0 Å². The standard InChI is InChI=1S/C16H10N4OS2/c21-16-14-12(13-4-2-6-22-13)9-23-15(14)18-10-20(16)19-8-11-3-1-5-17-7-11/h1-10H. The minimum Gasteiger partial charge on any atom is -0.267 e. The van der Waals surface area contributed by atoms with Crippen LogP contribution in [0.2, 0.25) is 0 Å². The largest absolute Gasteiger partial charge is 0.283 e. The zero-order valence-electron chi connectivity index (χ0n) is 11.8. The Morgan fingerprint density at radius 2 is 2.17 bits per heavy atom. The number of fused-ring (bicyclic) bond motifs is 1. The van der Waals surface area contributed by atoms with E-state index in [0.717, 1.165) is 20.8 Å². The predicted octanol–water partition coefficient (Wildman–Crippen LogP) is 3.46. The summed E-state index contributed by atoms with van der Waals surface area (Å²) in [5, 5.41) is 8.79. The van der Waals surface area contributed by atoms with E-state index in [-0.39, 0.29) is 5.56 Å². The van der Waals surface area contributed by atoms with Gasteiger partial charge in [0, 0.05) is 33.8 Å². The number of pyridine rings is 1. The maximum absolute atomic E-state index is 12.7. The molecule has 0 fully saturated rings. The first-order valence-corrected chi connectivity index (χ1v) is 8.56. The average molecular weight is 338 g/mol. The Hall–Kier alpha value is -2.64. The van der Waals surface area contributed by atoms with Crippen LogP contribution in [0.1, 0.15) is 5.56 Å². The molecule has 0 unspecified atom stereocenters. The second-order valence-corrected chi connectivity index (χ2v) is 6.54. The van der Waals surface area contributed by atoms with E-state index in [1.54, 1.807) is 29.9 Å². The molecule has 4 aromatic rings. The van der Waals surface area contributed by atoms with Crippen molar-refractivity contribution in [3.8, 4) is 10.4 Å². The topological polar surface area (TPSA) is 60.1 Å². The maximum atomic E-state index is 12.7. The molecule has 4 rings (SSSR count). The van der Waals surface area contributed by atoms with E-state index in [4.69, 9.17) is 0 Å². The van der Waals surface area contributed by atoms with Gasteiger partial charge in [0.15, 0.2) is 0 Å². The highest BCUT2D eigenvalue weighted by molar-refractivity contribution is 7.18. The fraction of sp³-hybridized carbons (Fsp3) is 0. The van der Waals surface area contributed by atoms with Crippen LogP contribution >= 0.6 is 22.7 Å². The molecule has 7 heteroatoms. The van der Waals surface area contributed by atoms with Crippen molar-refractivity contribution >= 4 is 39.1 Å². The van der Waals surface area contributed by atoms with Crippen molar-refractivity contribution in [3.05, 3.63) is 69.7 Å². The molecule has 4 aromatic heterocycles. The molecule has 0 aliphatic heterocycles. The van der Waals surface area contributed by atoms with Gasteiger partial charge < -0.3 is 0 Å². The van der Waals surface area contributed by atoms with E-state index in [9.17, 15) is 4.79 Å². The number of aromatic nitrogens is 3. The fourth-order valence-electron chi connectivity index (χ4n) is 2.20. The van der Waals surface area contributed by atoms with E-state index < -0.39 is 0 Å². The van der Waals surface area contributed by atoms with Gasteiger partial charge in [-0.1, -0.05) is 12.1 Å². The third-order valence-corrected chi connectivity index (χ3v) is 5.07. The summed E-state index contributed by atoms with van der Waals surface area (Å²) in [5.41, 5.74) is 1.58. The van der Waals surface area contributed by atoms with Crippen molar-refractivity contribution in [2.24, 2.45) is 5.10 Å². The Morgan fingerprint density at radius 3 is 2.96 bits per heavy atom. The van der Waals surface area contributed by atoms with Gasteiger partial charge in [0.05, 0.1) is 11.6 Å². The van der Waals surface area contributed by atoms with Crippen molar-refractivity contribution in [2.45, 2.75) is 0 Å². The van der Waals surface area contributed by atoms with Crippen LogP contribution in [0.15, 0.2) is 63.6 Å². The zero-order chi connectivity index (χ0) is 15.6. The zero-order valence-corrected chi connectivity index (χ0v) is 13.4. The van der Waals surface area contributed by atoms with Gasteiger partial charge >= 0.3 is 0 Å². The molecule has 23 heavy (non-hydrogen) atoms. The van der Waals surface area contributed by atoms with E-state index >= 15 is 0 Å². The van der Waals surface area contributed by atoms with Gasteiger partial charge in [-0.05, 0) is 17.5 Å². The molecule has 0 N–H and O–H groups in total. The normalized spacial score (nSPS) is 11.5. The van der Waals surface area contributed by atoms with Gasteiger partial charge in [0.1, 0.15) is 11.2 Å². The molecule has 0 radical (unpaired) electrons. The molecule has 0 aliphatic rings. The van der Waals surface area contributed by atoms with Crippen LogP contribution < -0.4 is 5.56 Å². The summed E-state index contributed by atoms with van der Waals surface area (Å²) in [6.45, 7) is 0. The second-order valence-electron chi connectivity index (χ2n) is 4.73. The molecule has 5 nitrogen and oxygen atoms in total. The first kappa shape index (κ1) is 14.0. The monoisotopic (exact) mass is 338 g/mol. The summed E-state index contributed by atoms with van der Waals surface area (Å²) >= 11 is 3.07. The Morgan fingerprint density at radius 1 is 1.22 bits per heavy atom. The molecule has 4 heterocycles. The molecule has 0 aliphatic carbocycles. The summed E-state index contributed by atoms with van der Waals surface area (Å²) in [7, 11) is 0. The van der Waals surface area contributed by atoms with E-state index in [0.29, 0.717) is 5.39 Å². The number of nitrogens with zero attached hydrogens (tertiary/aromatic N) is 4. The quantitative estimate of drug-likeness (QED) is 0.538. The highest BCUT2D eigenvalue weighted by atomic mass is 32.1. The van der Waals surface area contributed by atoms with Gasteiger partial charge in [0.2, 0.25) is 0 Å². The summed E-state index contributed by atoms with van der Waals surface area (Å²) < 4.78 is 1.26. The third kappa shape index (κ3) is 2.60. The molecule has 0 spiro atoms. The first-order valence-electron chi connectivity index (χ1n) is 6.80. The first-order chi connectivity index (χ1) is 11.3. The molecular formula is C16H10N4OS2. The highest BCUT2D eigenvalue weighted by Crippen LogP contribution is 2.33. The molecule has 0 saturated carbocycles. The van der Waals surface area contributed by atoms with E-state index in [1.807, 2.05) is 35.0 Å². The molecule has 0 amide bonds. The lowest BCUT2D eigenvalue weighted by molar-refractivity contribution is 0.819. The second kappa shape index (κ2) is 5.86. The number of rotatable bonds is 3. The van der Waals surface area contributed by atoms with Gasteiger partial charge in [0.25, 0.3) is 5.56 Å². The minimum atomic E-state index is -0.167. The van der Waals surface area contributed by atoms with Gasteiger partial charge in [-0.15, -0.1) is 22.7 Å². The van der Waals surface area contributed by atoms with Gasteiger partial charge in [-0.25, -0.2) is 4.98 Å².